The topological polar surface area (TPSA) is 101 Å². The normalized spacial score (nSPS) is 18.0. The number of rotatable bonds is 6. The molecule has 0 N–H and O–H groups in total. The Balaban J connectivity index is 1.44. The molecule has 0 saturated carbocycles. The smallest absolute Gasteiger partial charge is 0.225 e. The van der Waals surface area contributed by atoms with Crippen molar-refractivity contribution in [3.05, 3.63) is 29.8 Å². The van der Waals surface area contributed by atoms with Gasteiger partial charge in [0, 0.05) is 63.2 Å². The molecule has 2 aromatic heterocycles. The van der Waals surface area contributed by atoms with Crippen LogP contribution in [0.4, 0.5) is 5.95 Å². The van der Waals surface area contributed by atoms with E-state index in [0.717, 1.165) is 31.6 Å². The van der Waals surface area contributed by atoms with Crippen molar-refractivity contribution in [3.63, 3.8) is 0 Å². The molecule has 0 radical (unpaired) electrons. The average molecular weight is 447 g/mol. The highest BCUT2D eigenvalue weighted by atomic mass is 32.2. The van der Waals surface area contributed by atoms with E-state index < -0.39 is 9.84 Å². The lowest BCUT2D eigenvalue weighted by Gasteiger charge is -2.32. The van der Waals surface area contributed by atoms with Gasteiger partial charge in [-0.15, -0.1) is 0 Å². The standard InChI is InChI=1S/C21H30N6O3S/c1-16-5-9-23-27(16)14-8-19(28)25-12-6-17(7-13-25)20-18(31(2,29)30)15-22-21(24-20)26-10-3-4-11-26/h5,9,15,17H,3-4,6-8,10-14H2,1-2H3. The number of aromatic nitrogens is 4. The maximum Gasteiger partial charge on any atom is 0.225 e. The van der Waals surface area contributed by atoms with E-state index in [2.05, 4.69) is 15.0 Å². The second-order valence-electron chi connectivity index (χ2n) is 8.49. The second-order valence-corrected chi connectivity index (χ2v) is 10.5. The van der Waals surface area contributed by atoms with Gasteiger partial charge in [-0.25, -0.2) is 18.4 Å². The summed E-state index contributed by atoms with van der Waals surface area (Å²) < 4.78 is 26.6. The number of piperidine rings is 1. The second kappa shape index (κ2) is 8.94. The van der Waals surface area contributed by atoms with Gasteiger partial charge >= 0.3 is 0 Å². The van der Waals surface area contributed by atoms with E-state index in [9.17, 15) is 13.2 Å². The van der Waals surface area contributed by atoms with E-state index >= 15 is 0 Å². The van der Waals surface area contributed by atoms with Crippen molar-refractivity contribution in [2.24, 2.45) is 0 Å². The summed E-state index contributed by atoms with van der Waals surface area (Å²) in [5.74, 6) is 0.733. The maximum atomic E-state index is 12.7. The van der Waals surface area contributed by atoms with Crippen LogP contribution in [0.3, 0.4) is 0 Å². The molecule has 31 heavy (non-hydrogen) atoms. The predicted octanol–water partition coefficient (Wildman–Crippen LogP) is 1.78. The average Bonchev–Trinajstić information content (AvgIpc) is 3.43. The van der Waals surface area contributed by atoms with Crippen molar-refractivity contribution >= 4 is 21.7 Å². The number of amides is 1. The molecule has 168 valence electrons. The van der Waals surface area contributed by atoms with E-state index in [-0.39, 0.29) is 16.7 Å². The van der Waals surface area contributed by atoms with Gasteiger partial charge < -0.3 is 9.80 Å². The van der Waals surface area contributed by atoms with Crippen LogP contribution in [0.5, 0.6) is 0 Å². The minimum atomic E-state index is -3.42. The van der Waals surface area contributed by atoms with Crippen LogP contribution >= 0.6 is 0 Å². The van der Waals surface area contributed by atoms with Gasteiger partial charge in [-0.1, -0.05) is 0 Å². The number of aryl methyl sites for hydroxylation is 2. The van der Waals surface area contributed by atoms with Gasteiger partial charge in [0.15, 0.2) is 9.84 Å². The lowest BCUT2D eigenvalue weighted by Crippen LogP contribution is -2.38. The quantitative estimate of drug-likeness (QED) is 0.667. The molecule has 0 spiro atoms. The molecule has 2 saturated heterocycles. The van der Waals surface area contributed by atoms with Crippen LogP contribution in [0, 0.1) is 6.92 Å². The highest BCUT2D eigenvalue weighted by Crippen LogP contribution is 2.32. The first-order valence-corrected chi connectivity index (χ1v) is 12.8. The first-order valence-electron chi connectivity index (χ1n) is 10.9. The molecule has 4 heterocycles. The summed E-state index contributed by atoms with van der Waals surface area (Å²) in [7, 11) is -3.42. The van der Waals surface area contributed by atoms with Crippen LogP contribution in [0.2, 0.25) is 0 Å². The summed E-state index contributed by atoms with van der Waals surface area (Å²) in [4.78, 5) is 25.9. The number of anilines is 1. The van der Waals surface area contributed by atoms with Gasteiger partial charge in [0.1, 0.15) is 4.90 Å². The van der Waals surface area contributed by atoms with Crippen molar-refractivity contribution in [1.82, 2.24) is 24.6 Å². The number of carbonyl (C=O) groups is 1. The molecule has 2 aliphatic heterocycles. The predicted molar refractivity (Wildman–Crippen MR) is 117 cm³/mol. The molecule has 10 heteroatoms. The van der Waals surface area contributed by atoms with Crippen LogP contribution in [0.25, 0.3) is 0 Å². The molecule has 0 bridgehead atoms. The Kier molecular flexibility index (Phi) is 6.27. The molecule has 2 fully saturated rings. The number of carbonyl (C=O) groups excluding carboxylic acids is 1. The van der Waals surface area contributed by atoms with Crippen LogP contribution in [-0.2, 0) is 21.2 Å². The summed E-state index contributed by atoms with van der Waals surface area (Å²) in [5, 5.41) is 4.23. The van der Waals surface area contributed by atoms with Crippen LogP contribution in [0.1, 0.15) is 49.4 Å². The van der Waals surface area contributed by atoms with E-state index in [1.54, 1.807) is 6.20 Å². The number of hydrogen-bond acceptors (Lipinski definition) is 7. The van der Waals surface area contributed by atoms with Gasteiger partial charge in [-0.2, -0.15) is 5.10 Å². The lowest BCUT2D eigenvalue weighted by atomic mass is 9.93. The summed E-state index contributed by atoms with van der Waals surface area (Å²) in [6.45, 7) is 5.56. The molecular weight excluding hydrogens is 416 g/mol. The molecular formula is C21H30N6O3S. The fourth-order valence-electron chi connectivity index (χ4n) is 4.42. The zero-order valence-corrected chi connectivity index (χ0v) is 19.0. The van der Waals surface area contributed by atoms with Crippen molar-refractivity contribution in [2.75, 3.05) is 37.3 Å². The summed E-state index contributed by atoms with van der Waals surface area (Å²) in [6.07, 6.45) is 8.43. The summed E-state index contributed by atoms with van der Waals surface area (Å²) in [6, 6.07) is 1.92. The molecule has 0 aromatic carbocycles. The van der Waals surface area contributed by atoms with Crippen LogP contribution in [0.15, 0.2) is 23.4 Å². The number of nitrogens with zero attached hydrogens (tertiary/aromatic N) is 6. The maximum absolute atomic E-state index is 12.7. The first kappa shape index (κ1) is 21.7. The molecule has 4 rings (SSSR count). The SMILES string of the molecule is Cc1ccnn1CCC(=O)N1CCC(c2nc(N3CCCC3)ncc2S(C)(=O)=O)CC1. The Hall–Kier alpha value is -2.49. The Labute approximate surface area is 183 Å². The van der Waals surface area contributed by atoms with Crippen molar-refractivity contribution in [1.29, 1.82) is 0 Å². The number of likely N-dealkylation sites (tertiary alicyclic amines) is 1. The van der Waals surface area contributed by atoms with Crippen LogP contribution in [-0.4, -0.2) is 71.4 Å². The molecule has 0 unspecified atom stereocenters. The molecule has 2 aliphatic rings. The summed E-state index contributed by atoms with van der Waals surface area (Å²) in [5.41, 5.74) is 1.65. The van der Waals surface area contributed by atoms with E-state index in [1.165, 1.54) is 12.5 Å². The van der Waals surface area contributed by atoms with Crippen molar-refractivity contribution < 1.29 is 13.2 Å². The van der Waals surface area contributed by atoms with Gasteiger partial charge in [-0.3, -0.25) is 9.48 Å². The number of sulfone groups is 1. The minimum absolute atomic E-state index is 0.00601. The fraction of sp³-hybridized carbons (Fsp3) is 0.619. The Morgan fingerprint density at radius 2 is 1.87 bits per heavy atom. The lowest BCUT2D eigenvalue weighted by molar-refractivity contribution is -0.132. The molecule has 2 aromatic rings. The van der Waals surface area contributed by atoms with Crippen LogP contribution < -0.4 is 4.90 Å². The van der Waals surface area contributed by atoms with Crippen molar-refractivity contribution in [3.8, 4) is 0 Å². The zero-order valence-electron chi connectivity index (χ0n) is 18.2. The number of hydrogen-bond donors (Lipinski definition) is 0. The Morgan fingerprint density at radius 1 is 1.16 bits per heavy atom. The van der Waals surface area contributed by atoms with E-state index in [4.69, 9.17) is 4.98 Å². The Bertz CT molecular complexity index is 1040. The molecule has 0 aliphatic carbocycles. The van der Waals surface area contributed by atoms with Gasteiger partial charge in [0.25, 0.3) is 0 Å². The molecule has 9 nitrogen and oxygen atoms in total. The highest BCUT2D eigenvalue weighted by Gasteiger charge is 2.30. The third-order valence-electron chi connectivity index (χ3n) is 6.26. The monoisotopic (exact) mass is 446 g/mol. The zero-order chi connectivity index (χ0) is 22.0. The van der Waals surface area contributed by atoms with Gasteiger partial charge in [0.05, 0.1) is 11.9 Å². The molecule has 0 atom stereocenters. The van der Waals surface area contributed by atoms with Gasteiger partial charge in [0.2, 0.25) is 11.9 Å². The third kappa shape index (κ3) is 4.89. The largest absolute Gasteiger partial charge is 0.343 e. The van der Waals surface area contributed by atoms with Gasteiger partial charge in [-0.05, 0) is 38.7 Å². The van der Waals surface area contributed by atoms with E-state index in [1.807, 2.05) is 22.6 Å². The van der Waals surface area contributed by atoms with Crippen molar-refractivity contribution in [2.45, 2.75) is 56.4 Å². The summed E-state index contributed by atoms with van der Waals surface area (Å²) >= 11 is 0. The Morgan fingerprint density at radius 3 is 2.48 bits per heavy atom. The third-order valence-corrected chi connectivity index (χ3v) is 7.37. The first-order chi connectivity index (χ1) is 14.8. The molecule has 1 amide bonds. The fourth-order valence-corrected chi connectivity index (χ4v) is 5.25. The van der Waals surface area contributed by atoms with E-state index in [0.29, 0.717) is 50.5 Å². The highest BCUT2D eigenvalue weighted by molar-refractivity contribution is 7.90. The minimum Gasteiger partial charge on any atom is -0.343 e.